The first kappa shape index (κ1) is 154. The van der Waals surface area contributed by atoms with Crippen LogP contribution in [0.25, 0.3) is 42.5 Å². The van der Waals surface area contributed by atoms with Crippen molar-refractivity contribution in [2.24, 2.45) is 35.5 Å². The number of carbonyl (C=O) groups excluding carboxylic acids is 8. The second-order valence-electron chi connectivity index (χ2n) is 23.4. The van der Waals surface area contributed by atoms with Crippen LogP contribution < -0.4 is 465 Å². The Morgan fingerprint density at radius 1 is 0.231 bits per heavy atom. The minimum atomic E-state index is -0.762. The maximum Gasteiger partial charge on any atom is 1.00 e. The van der Waals surface area contributed by atoms with Crippen LogP contribution in [0.1, 0.15) is 311 Å². The van der Waals surface area contributed by atoms with Crippen molar-refractivity contribution >= 4 is 70.0 Å². The molecule has 0 aromatic heterocycles. The molecule has 0 N–H and O–H groups in total. The van der Waals surface area contributed by atoms with Crippen LogP contribution in [0, 0.1) is 35.5 Å². The number of benzene rings is 5. The molecule has 6 unspecified atom stereocenters. The maximum absolute atomic E-state index is 11.4. The summed E-state index contributed by atoms with van der Waals surface area (Å²) >= 11 is 0. The van der Waals surface area contributed by atoms with E-state index in [0.29, 0.717) is 24.5 Å². The van der Waals surface area contributed by atoms with Crippen LogP contribution in [0.4, 0.5) is 22.7 Å². The monoisotopic (exact) mass is 2190 g/mol. The van der Waals surface area contributed by atoms with Gasteiger partial charge in [0, 0.05) is 17.8 Å². The van der Waals surface area contributed by atoms with Crippen LogP contribution in [-0.4, -0.2) is 66.9 Å². The van der Waals surface area contributed by atoms with E-state index in [1.54, 1.807) is 24.3 Å². The summed E-state index contributed by atoms with van der Waals surface area (Å²) in [4.78, 5) is 90.4. The van der Waals surface area contributed by atoms with Crippen molar-refractivity contribution in [3.63, 3.8) is 0 Å². The molecule has 8 amide bonds. The van der Waals surface area contributed by atoms with E-state index in [1.165, 1.54) is 66.8 Å². The topological polar surface area (TPSA) is 249 Å². The second kappa shape index (κ2) is 109. The summed E-state index contributed by atoms with van der Waals surface area (Å²) in [6.45, 7) is 59.9. The van der Waals surface area contributed by atoms with Crippen LogP contribution in [0.3, 0.4) is 0 Å². The zero-order valence-corrected chi connectivity index (χ0v) is 121. The Hall–Kier alpha value is 6.30. The second-order valence-corrected chi connectivity index (χ2v) is 23.4. The SMILES string of the molecule is CC.CC.CC.CC.CC.CC.CC.CC.CC.CC.CC.CC1C(=O)[N-]CCc2ccccc21.CC1C(=O)[N-]c2ccccc2[N-]C1=O.CC1CCCCCC[N-]C1=O.CC1CCCCC[N-]C1=O.CC1CCc2ccccc2[N-]C1=O.CC1CCc2ccccc2[N-]C1=O.CC1Cc2ccccc2C[N-]C1=O.[Rb+].[Rb+].[Rb+].[Rb+].[Rb+].[Rb+].[Rb+].[Rb+]. The predicted molar refractivity (Wildman–Crippen MR) is 470 cm³/mol. The van der Waals surface area contributed by atoms with Gasteiger partial charge in [0.05, 0.1) is 47.3 Å². The van der Waals surface area contributed by atoms with Gasteiger partial charge < -0.3 is 80.9 Å². The molecule has 7 aliphatic rings. The van der Waals surface area contributed by atoms with Gasteiger partial charge in [0.1, 0.15) is 0 Å². The molecule has 0 radical (unpaired) electrons. The molecule has 2 saturated heterocycles. The first-order valence-electron chi connectivity index (χ1n) is 42.2. The number of rotatable bonds is 0. The van der Waals surface area contributed by atoms with Gasteiger partial charge in [-0.2, -0.15) is 0 Å². The minimum absolute atomic E-state index is 0. The number of hydrogen-bond donors (Lipinski definition) is 0. The molecule has 6 atom stereocenters. The summed E-state index contributed by atoms with van der Waals surface area (Å²) in [6, 6.07) is 38.8. The van der Waals surface area contributed by atoms with Crippen LogP contribution in [-0.2, 0) is 70.6 Å². The minimum Gasteiger partial charge on any atom is -0.653 e. The maximum atomic E-state index is 11.4. The average Bonchev–Trinajstić information content (AvgIpc) is 1.52. The van der Waals surface area contributed by atoms with Gasteiger partial charge in [-0.05, 0) is 91.7 Å². The molecule has 5 aromatic rings. The molecule has 620 valence electrons. The third-order valence-electron chi connectivity index (χ3n) is 16.3. The summed E-state index contributed by atoms with van der Waals surface area (Å²) in [5.74, 6) is -0.798. The molecular formula is C93H152N8O8Rb8. The van der Waals surface area contributed by atoms with E-state index in [1.807, 2.05) is 279 Å². The normalized spacial score (nSPS) is 17.2. The Balaban J connectivity index is -0.0000000839. The first-order valence-corrected chi connectivity index (χ1v) is 42.2. The number of hydrogen-bond acceptors (Lipinski definition) is 8. The van der Waals surface area contributed by atoms with E-state index in [4.69, 9.17) is 0 Å². The summed E-state index contributed by atoms with van der Waals surface area (Å²) in [7, 11) is 0. The number of aryl methyl sites for hydroxylation is 2. The summed E-state index contributed by atoms with van der Waals surface area (Å²) in [5, 5.41) is 31.7. The average molecular weight is 2190 g/mol. The Labute approximate surface area is 1110 Å². The van der Waals surface area contributed by atoms with E-state index in [2.05, 4.69) is 54.7 Å². The molecule has 16 nitrogen and oxygen atoms in total. The quantitative estimate of drug-likeness (QED) is 0.200. The number of carbonyl (C=O) groups is 8. The molecule has 24 heteroatoms. The number of fused-ring (bicyclic) bond motifs is 5. The fourth-order valence-electron chi connectivity index (χ4n) is 10.3. The molecular weight excluding hydrogens is 2040 g/mol. The first-order chi connectivity index (χ1) is 52.9. The summed E-state index contributed by atoms with van der Waals surface area (Å²) in [5.41, 5.74) is 9.92. The molecule has 117 heavy (non-hydrogen) atoms. The number of nitrogens with zero attached hydrogens (tertiary/aromatic N) is 8. The van der Waals surface area contributed by atoms with Crippen LogP contribution in [0.15, 0.2) is 121 Å². The molecule has 0 bridgehead atoms. The third-order valence-corrected chi connectivity index (χ3v) is 16.3. The largest absolute Gasteiger partial charge is 1.00 e. The van der Waals surface area contributed by atoms with Gasteiger partial charge in [0.2, 0.25) is 0 Å². The van der Waals surface area contributed by atoms with Crippen molar-refractivity contribution in [1.82, 2.24) is 0 Å². The number of para-hydroxylation sites is 4. The van der Waals surface area contributed by atoms with E-state index in [0.717, 1.165) is 94.2 Å². The van der Waals surface area contributed by atoms with Crippen LogP contribution >= 0.6 is 0 Å². The zero-order chi connectivity index (χ0) is 84.7. The summed E-state index contributed by atoms with van der Waals surface area (Å²) in [6.07, 6.45) is 15.9. The van der Waals surface area contributed by atoms with Gasteiger partial charge in [-0.25, -0.2) is 0 Å². The van der Waals surface area contributed by atoms with Gasteiger partial charge in [0.25, 0.3) is 0 Å². The standard InChI is InChI=1S/4C11H13NO.C10H10N2O2.C9H17NO.C8H15NO.11C2H6.8Rb/c1-8-6-9-4-2-3-5-10(9)7-12-11(8)13;1-8-10-5-3-2-4-9(10)6-7-12-11(8)13;2*1-8-6-7-9-4-2-3-5-10(9)12-11(8)13;1-6-9(13)11-7-4-2-3-5-8(7)12-10(6)14;1-8-6-4-2-3-5-7-10-9(8)11;1-7-5-3-2-4-6-9-8(7)10;11*1-2;;;;;;;;/h4*2-5,8H,6-7H2,1H3,(H,12,13);2-6H,1H3,(H2,11,12,13,14);8H,2-7H2,1H3,(H,10,11);7H,2-6H2,1H3,(H,9,10);11*1-2H3;;;;;;;;/q;;;;;;;;;;;;;;;;;;8*+1/p-8. The Kier molecular flexibility index (Phi) is 144. The van der Waals surface area contributed by atoms with E-state index >= 15 is 0 Å². The van der Waals surface area contributed by atoms with Crippen molar-refractivity contribution in [2.45, 2.75) is 310 Å². The smallest absolute Gasteiger partial charge is 0.653 e. The Morgan fingerprint density at radius 2 is 0.513 bits per heavy atom. The van der Waals surface area contributed by atoms with Crippen LogP contribution in [0.2, 0.25) is 0 Å². The molecule has 7 heterocycles. The third kappa shape index (κ3) is 71.5. The van der Waals surface area contributed by atoms with E-state index in [-0.39, 0.29) is 536 Å². The van der Waals surface area contributed by atoms with Crippen molar-refractivity contribution in [1.29, 1.82) is 0 Å². The zero-order valence-electron chi connectivity index (χ0n) is 81.9. The molecule has 0 spiro atoms. The molecule has 12 rings (SSSR count). The summed E-state index contributed by atoms with van der Waals surface area (Å²) < 4.78 is 0. The predicted octanol–water partition coefficient (Wildman–Crippen LogP) is 4.43. The number of amides is 8. The fraction of sp³-hybridized carbons (Fsp3) is 0.591. The van der Waals surface area contributed by atoms with Crippen molar-refractivity contribution in [3.8, 4) is 0 Å². The van der Waals surface area contributed by atoms with Crippen molar-refractivity contribution in [2.75, 3.05) is 19.6 Å². The molecule has 7 aliphatic heterocycles. The Morgan fingerprint density at radius 3 is 0.897 bits per heavy atom. The fourth-order valence-corrected chi connectivity index (χ4v) is 10.3. The molecule has 0 saturated carbocycles. The molecule has 5 aromatic carbocycles. The molecule has 0 aliphatic carbocycles. The van der Waals surface area contributed by atoms with Crippen molar-refractivity contribution < 1.29 is 504 Å². The van der Waals surface area contributed by atoms with Gasteiger partial charge in [-0.3, -0.25) is 0 Å². The van der Waals surface area contributed by atoms with E-state index in [9.17, 15) is 38.4 Å². The van der Waals surface area contributed by atoms with E-state index < -0.39 is 17.7 Å². The Bertz CT molecular complexity index is 3050. The van der Waals surface area contributed by atoms with Crippen molar-refractivity contribution in [3.05, 3.63) is 197 Å². The van der Waals surface area contributed by atoms with Gasteiger partial charge >= 0.3 is 465 Å². The van der Waals surface area contributed by atoms with Gasteiger partial charge in [-0.15, -0.1) is 48.9 Å². The molecule has 2 fully saturated rings. The van der Waals surface area contributed by atoms with Gasteiger partial charge in [0.15, 0.2) is 0 Å². The van der Waals surface area contributed by atoms with Gasteiger partial charge in [-0.1, -0.05) is 384 Å². The van der Waals surface area contributed by atoms with Crippen LogP contribution in [0.5, 0.6) is 0 Å².